The van der Waals surface area contributed by atoms with Gasteiger partial charge in [0.05, 0.1) is 0 Å². The van der Waals surface area contributed by atoms with Crippen LogP contribution in [0.2, 0.25) is 0 Å². The van der Waals surface area contributed by atoms with Crippen molar-refractivity contribution in [1.82, 2.24) is 4.98 Å². The molecule has 0 aliphatic heterocycles. The molecule has 1 heterocycles. The first-order chi connectivity index (χ1) is 8.69. The topological polar surface area (TPSA) is 38.9 Å². The Labute approximate surface area is 120 Å². The summed E-state index contributed by atoms with van der Waals surface area (Å²) in [4.78, 5) is 5.70. The summed E-state index contributed by atoms with van der Waals surface area (Å²) in [5.41, 5.74) is 7.95. The Hall–Kier alpha value is -0.840. The van der Waals surface area contributed by atoms with Crippen molar-refractivity contribution in [3.8, 4) is 0 Å². The van der Waals surface area contributed by atoms with Crippen LogP contribution in [0.3, 0.4) is 0 Å². The van der Waals surface area contributed by atoms with Crippen molar-refractivity contribution in [2.24, 2.45) is 5.73 Å². The third-order valence-corrected chi connectivity index (χ3v) is 4.13. The Kier molecular flexibility index (Phi) is 4.80. The molecule has 0 aliphatic carbocycles. The van der Waals surface area contributed by atoms with Crippen LogP contribution < -0.4 is 5.73 Å². The van der Waals surface area contributed by atoms with Gasteiger partial charge in [0.2, 0.25) is 0 Å². The minimum absolute atomic E-state index is 0.666. The Bertz CT molecular complexity index is 543. The molecule has 18 heavy (non-hydrogen) atoms. The molecular weight excluding hydrogens is 308 g/mol. The van der Waals surface area contributed by atoms with Gasteiger partial charge in [0.1, 0.15) is 5.03 Å². The van der Waals surface area contributed by atoms with E-state index in [4.69, 9.17) is 5.73 Å². The number of nitrogens with two attached hydrogens (primary N) is 1. The Balaban J connectivity index is 2.19. The molecule has 0 radical (unpaired) electrons. The van der Waals surface area contributed by atoms with E-state index < -0.39 is 0 Å². The quantitative estimate of drug-likeness (QED) is 0.930. The van der Waals surface area contributed by atoms with Crippen LogP contribution in [-0.2, 0) is 6.42 Å². The van der Waals surface area contributed by atoms with Gasteiger partial charge >= 0.3 is 0 Å². The number of benzene rings is 1. The van der Waals surface area contributed by atoms with E-state index in [1.165, 1.54) is 16.0 Å². The smallest absolute Gasteiger partial charge is 0.104 e. The molecule has 0 spiro atoms. The van der Waals surface area contributed by atoms with Crippen LogP contribution in [-0.4, -0.2) is 11.5 Å². The number of nitrogens with zero attached hydrogens (tertiary/aromatic N) is 1. The third kappa shape index (κ3) is 3.57. The van der Waals surface area contributed by atoms with Gasteiger partial charge in [-0.15, -0.1) is 0 Å². The first-order valence-electron chi connectivity index (χ1n) is 5.78. The van der Waals surface area contributed by atoms with Crippen molar-refractivity contribution < 1.29 is 0 Å². The minimum atomic E-state index is 0.666. The van der Waals surface area contributed by atoms with Crippen LogP contribution in [0.4, 0.5) is 0 Å². The van der Waals surface area contributed by atoms with E-state index in [1.807, 2.05) is 18.3 Å². The lowest BCUT2D eigenvalue weighted by molar-refractivity contribution is 0.935. The first-order valence-corrected chi connectivity index (χ1v) is 7.39. The second-order valence-corrected chi connectivity index (χ2v) is 6.04. The average Bonchev–Trinajstić information content (AvgIpc) is 2.33. The van der Waals surface area contributed by atoms with Gasteiger partial charge in [-0.1, -0.05) is 39.8 Å². The van der Waals surface area contributed by atoms with E-state index in [2.05, 4.69) is 46.0 Å². The molecule has 2 aromatic rings. The zero-order chi connectivity index (χ0) is 13.0. The predicted molar refractivity (Wildman–Crippen MR) is 80.0 cm³/mol. The normalized spacial score (nSPS) is 10.6. The summed E-state index contributed by atoms with van der Waals surface area (Å²) in [6.07, 6.45) is 2.80. The van der Waals surface area contributed by atoms with Gasteiger partial charge in [-0.05, 0) is 49.2 Å². The van der Waals surface area contributed by atoms with E-state index >= 15 is 0 Å². The van der Waals surface area contributed by atoms with Gasteiger partial charge in [0, 0.05) is 15.6 Å². The van der Waals surface area contributed by atoms with Crippen molar-refractivity contribution in [3.63, 3.8) is 0 Å². The van der Waals surface area contributed by atoms with Crippen molar-refractivity contribution in [2.45, 2.75) is 23.3 Å². The van der Waals surface area contributed by atoms with Gasteiger partial charge in [0.15, 0.2) is 0 Å². The summed E-state index contributed by atoms with van der Waals surface area (Å²) in [5.74, 6) is 0. The van der Waals surface area contributed by atoms with Crippen molar-refractivity contribution in [1.29, 1.82) is 0 Å². The monoisotopic (exact) mass is 322 g/mol. The fraction of sp³-hybridized carbons (Fsp3) is 0.214. The lowest BCUT2D eigenvalue weighted by atomic mass is 10.2. The van der Waals surface area contributed by atoms with Gasteiger partial charge in [0.25, 0.3) is 0 Å². The molecule has 0 saturated heterocycles. The highest BCUT2D eigenvalue weighted by Gasteiger charge is 2.04. The molecule has 4 heteroatoms. The van der Waals surface area contributed by atoms with Crippen LogP contribution in [0, 0.1) is 6.92 Å². The van der Waals surface area contributed by atoms with Crippen LogP contribution in [0.25, 0.3) is 0 Å². The van der Waals surface area contributed by atoms with Crippen LogP contribution in [0.1, 0.15) is 11.1 Å². The first kappa shape index (κ1) is 13.6. The second-order valence-electron chi connectivity index (χ2n) is 4.06. The molecule has 2 rings (SSSR count). The molecule has 0 amide bonds. The number of rotatable bonds is 4. The largest absolute Gasteiger partial charge is 0.330 e. The number of hydrogen-bond donors (Lipinski definition) is 1. The van der Waals surface area contributed by atoms with Crippen LogP contribution in [0.15, 0.2) is 50.9 Å². The number of aryl methyl sites for hydroxylation is 1. The maximum Gasteiger partial charge on any atom is 0.104 e. The Morgan fingerprint density at radius 2 is 2.17 bits per heavy atom. The molecular formula is C14H15BrN2S. The van der Waals surface area contributed by atoms with E-state index in [-0.39, 0.29) is 0 Å². The molecule has 0 bridgehead atoms. The molecule has 94 valence electrons. The molecule has 0 fully saturated rings. The number of aromatic nitrogens is 1. The van der Waals surface area contributed by atoms with Crippen molar-refractivity contribution >= 4 is 27.7 Å². The summed E-state index contributed by atoms with van der Waals surface area (Å²) in [6.45, 7) is 2.76. The third-order valence-electron chi connectivity index (χ3n) is 2.53. The van der Waals surface area contributed by atoms with Crippen molar-refractivity contribution in [3.05, 3.63) is 52.1 Å². The average molecular weight is 323 g/mol. The molecule has 2 N–H and O–H groups in total. The fourth-order valence-electron chi connectivity index (χ4n) is 1.67. The van der Waals surface area contributed by atoms with Gasteiger partial charge < -0.3 is 5.73 Å². The van der Waals surface area contributed by atoms with E-state index in [0.29, 0.717) is 6.54 Å². The maximum atomic E-state index is 5.55. The lowest BCUT2D eigenvalue weighted by Crippen LogP contribution is -2.03. The molecule has 0 unspecified atom stereocenters. The highest BCUT2D eigenvalue weighted by Crippen LogP contribution is 2.30. The molecule has 1 aromatic heterocycles. The Morgan fingerprint density at radius 1 is 1.33 bits per heavy atom. The molecule has 0 aliphatic rings. The number of hydrogen-bond acceptors (Lipinski definition) is 3. The van der Waals surface area contributed by atoms with Gasteiger partial charge in [-0.3, -0.25) is 0 Å². The SMILES string of the molecule is Cc1cc(CCN)cnc1Sc1cccc(Br)c1. The molecule has 1 aromatic carbocycles. The number of pyridine rings is 1. The minimum Gasteiger partial charge on any atom is -0.330 e. The summed E-state index contributed by atoms with van der Waals surface area (Å²) < 4.78 is 1.09. The van der Waals surface area contributed by atoms with Crippen LogP contribution in [0.5, 0.6) is 0 Å². The highest BCUT2D eigenvalue weighted by atomic mass is 79.9. The maximum absolute atomic E-state index is 5.55. The number of halogens is 1. The summed E-state index contributed by atoms with van der Waals surface area (Å²) >= 11 is 5.16. The van der Waals surface area contributed by atoms with Crippen molar-refractivity contribution in [2.75, 3.05) is 6.54 Å². The standard InChI is InChI=1S/C14H15BrN2S/c1-10-7-11(5-6-16)9-17-14(10)18-13-4-2-3-12(15)8-13/h2-4,7-9H,5-6,16H2,1H3. The fourth-order valence-corrected chi connectivity index (χ4v) is 3.10. The summed E-state index contributed by atoms with van der Waals surface area (Å²) in [5, 5.41) is 1.05. The lowest BCUT2D eigenvalue weighted by Gasteiger charge is -2.07. The zero-order valence-electron chi connectivity index (χ0n) is 10.2. The van der Waals surface area contributed by atoms with Gasteiger partial charge in [-0.2, -0.15) is 0 Å². The van der Waals surface area contributed by atoms with E-state index in [0.717, 1.165) is 15.9 Å². The summed E-state index contributed by atoms with van der Waals surface area (Å²) in [6, 6.07) is 10.4. The molecule has 2 nitrogen and oxygen atoms in total. The molecule has 0 atom stereocenters. The predicted octanol–water partition coefficient (Wildman–Crippen LogP) is 3.80. The van der Waals surface area contributed by atoms with Crippen LogP contribution >= 0.6 is 27.7 Å². The van der Waals surface area contributed by atoms with E-state index in [1.54, 1.807) is 11.8 Å². The zero-order valence-corrected chi connectivity index (χ0v) is 12.6. The van der Waals surface area contributed by atoms with Gasteiger partial charge in [-0.25, -0.2) is 4.98 Å². The second kappa shape index (κ2) is 6.36. The Morgan fingerprint density at radius 3 is 2.83 bits per heavy atom. The van der Waals surface area contributed by atoms with E-state index in [9.17, 15) is 0 Å². The molecule has 0 saturated carbocycles. The summed E-state index contributed by atoms with van der Waals surface area (Å²) in [7, 11) is 0. The highest BCUT2D eigenvalue weighted by molar-refractivity contribution is 9.10.